The number of phenolic OH excluding ortho intramolecular Hbond substituents is 1. The molecule has 0 fully saturated rings. The molecule has 3 rings (SSSR count). The van der Waals surface area contributed by atoms with E-state index in [9.17, 15) is 15.0 Å². The van der Waals surface area contributed by atoms with Crippen LogP contribution < -0.4 is 19.6 Å². The molecular weight excluding hydrogens is 412 g/mol. The van der Waals surface area contributed by atoms with Gasteiger partial charge in [-0.05, 0) is 44.0 Å². The van der Waals surface area contributed by atoms with Crippen molar-refractivity contribution >= 4 is 11.0 Å². The van der Waals surface area contributed by atoms with Gasteiger partial charge in [0, 0.05) is 23.6 Å². The molecule has 2 N–H and O–H groups in total. The molecule has 1 unspecified atom stereocenters. The van der Waals surface area contributed by atoms with Crippen LogP contribution in [0.25, 0.3) is 22.3 Å². The fourth-order valence-electron chi connectivity index (χ4n) is 3.49. The maximum absolute atomic E-state index is 13.4. The Morgan fingerprint density at radius 3 is 2.28 bits per heavy atom. The van der Waals surface area contributed by atoms with E-state index >= 15 is 0 Å². The number of aromatic hydroxyl groups is 1. The number of fused-ring (bicyclic) bond motifs is 1. The largest absolute Gasteiger partial charge is 0.507 e. The number of aliphatic hydroxyl groups is 1. The lowest BCUT2D eigenvalue weighted by molar-refractivity contribution is 0.124. The highest BCUT2D eigenvalue weighted by Gasteiger charge is 2.26. The summed E-state index contributed by atoms with van der Waals surface area (Å²) in [6.07, 6.45) is -0.494. The highest BCUT2D eigenvalue weighted by Crippen LogP contribution is 2.40. The summed E-state index contributed by atoms with van der Waals surface area (Å²) in [7, 11) is 1.57. The van der Waals surface area contributed by atoms with E-state index in [0.717, 1.165) is 0 Å². The number of hydrogen-bond acceptors (Lipinski definition) is 7. The summed E-state index contributed by atoms with van der Waals surface area (Å²) in [5, 5.41) is 21.3. The summed E-state index contributed by atoms with van der Waals surface area (Å²) in [4.78, 5) is 13.4. The molecule has 0 saturated heterocycles. The predicted octanol–water partition coefficient (Wildman–Crippen LogP) is 4.53. The van der Waals surface area contributed by atoms with Crippen molar-refractivity contribution in [2.45, 2.75) is 40.2 Å². The first-order chi connectivity index (χ1) is 15.3. The van der Waals surface area contributed by atoms with E-state index < -0.39 is 11.5 Å². The molecule has 0 bridgehead atoms. The highest BCUT2D eigenvalue weighted by molar-refractivity contribution is 5.91. The summed E-state index contributed by atoms with van der Waals surface area (Å²) < 4.78 is 22.8. The van der Waals surface area contributed by atoms with E-state index in [2.05, 4.69) is 0 Å². The first-order valence-corrected chi connectivity index (χ1v) is 10.8. The predicted molar refractivity (Wildman–Crippen MR) is 123 cm³/mol. The van der Waals surface area contributed by atoms with Crippen LogP contribution in [0.3, 0.4) is 0 Å². The van der Waals surface area contributed by atoms with Gasteiger partial charge in [-0.3, -0.25) is 4.79 Å². The van der Waals surface area contributed by atoms with Gasteiger partial charge in [0.2, 0.25) is 11.2 Å². The van der Waals surface area contributed by atoms with Crippen molar-refractivity contribution in [3.8, 4) is 34.3 Å². The molecule has 0 aliphatic rings. The molecule has 1 heterocycles. The molecule has 0 saturated carbocycles. The van der Waals surface area contributed by atoms with Crippen molar-refractivity contribution in [2.24, 2.45) is 5.92 Å². The molecule has 1 atom stereocenters. The van der Waals surface area contributed by atoms with Crippen LogP contribution in [0.1, 0.15) is 33.3 Å². The summed E-state index contributed by atoms with van der Waals surface area (Å²) in [6.45, 7) is 7.99. The van der Waals surface area contributed by atoms with E-state index in [1.54, 1.807) is 38.3 Å². The Bertz CT molecular complexity index is 1130. The average Bonchev–Trinajstić information content (AvgIpc) is 2.77. The van der Waals surface area contributed by atoms with Crippen molar-refractivity contribution < 1.29 is 28.8 Å². The van der Waals surface area contributed by atoms with Crippen LogP contribution in [0.15, 0.2) is 39.5 Å². The first-order valence-electron chi connectivity index (χ1n) is 10.8. The Morgan fingerprint density at radius 1 is 1.06 bits per heavy atom. The molecule has 7 nitrogen and oxygen atoms in total. The molecular formula is C25H30O7. The SMILES string of the molecule is CCOc1cc(O)c2c(=O)c(OCC)c(-c3ccc(OC)cc3)oc2c1CC(O)C(C)C. The minimum atomic E-state index is -0.691. The van der Waals surface area contributed by atoms with Crippen molar-refractivity contribution in [3.05, 3.63) is 46.1 Å². The first kappa shape index (κ1) is 23.5. The molecule has 0 amide bonds. The molecule has 0 aliphatic heterocycles. The van der Waals surface area contributed by atoms with Gasteiger partial charge in [0.25, 0.3) is 0 Å². The van der Waals surface area contributed by atoms with Crippen LogP contribution in [0, 0.1) is 5.92 Å². The van der Waals surface area contributed by atoms with Gasteiger partial charge < -0.3 is 28.8 Å². The van der Waals surface area contributed by atoms with Crippen LogP contribution in [0.5, 0.6) is 23.0 Å². The summed E-state index contributed by atoms with van der Waals surface area (Å²) >= 11 is 0. The molecule has 172 valence electrons. The van der Waals surface area contributed by atoms with Crippen LogP contribution >= 0.6 is 0 Å². The molecule has 1 aromatic heterocycles. The van der Waals surface area contributed by atoms with Crippen LogP contribution in [0.4, 0.5) is 0 Å². The topological polar surface area (TPSA) is 98.4 Å². The smallest absolute Gasteiger partial charge is 0.239 e. The standard InChI is InChI=1S/C25H30O7/c1-6-30-20-13-19(27)21-22(28)25(31-7-2)23(15-8-10-16(29-5)11-9-15)32-24(21)17(20)12-18(26)14(3)4/h8-11,13-14,18,26-27H,6-7,12H2,1-5H3. The Hall–Kier alpha value is -3.19. The number of methoxy groups -OCH3 is 1. The van der Waals surface area contributed by atoms with Crippen molar-refractivity contribution in [3.63, 3.8) is 0 Å². The van der Waals surface area contributed by atoms with Gasteiger partial charge in [-0.15, -0.1) is 0 Å². The summed E-state index contributed by atoms with van der Waals surface area (Å²) in [6, 6.07) is 8.44. The van der Waals surface area contributed by atoms with Crippen molar-refractivity contribution in [2.75, 3.05) is 20.3 Å². The number of aliphatic hydroxyl groups excluding tert-OH is 1. The molecule has 0 spiro atoms. The van der Waals surface area contributed by atoms with E-state index in [0.29, 0.717) is 29.2 Å². The van der Waals surface area contributed by atoms with E-state index in [1.807, 2.05) is 20.8 Å². The monoisotopic (exact) mass is 442 g/mol. The Labute approximate surface area is 187 Å². The van der Waals surface area contributed by atoms with E-state index in [-0.39, 0.29) is 47.2 Å². The second kappa shape index (κ2) is 9.96. The van der Waals surface area contributed by atoms with Gasteiger partial charge in [0.05, 0.1) is 26.4 Å². The normalized spacial score (nSPS) is 12.2. The minimum absolute atomic E-state index is 0.000112. The third-order valence-electron chi connectivity index (χ3n) is 5.29. The quantitative estimate of drug-likeness (QED) is 0.502. The zero-order valence-electron chi connectivity index (χ0n) is 19.1. The summed E-state index contributed by atoms with van der Waals surface area (Å²) in [5.74, 6) is 0.989. The molecule has 2 aromatic carbocycles. The van der Waals surface area contributed by atoms with Gasteiger partial charge in [-0.25, -0.2) is 0 Å². The number of rotatable bonds is 9. The maximum atomic E-state index is 13.4. The number of benzene rings is 2. The Morgan fingerprint density at radius 2 is 1.72 bits per heavy atom. The third kappa shape index (κ3) is 4.53. The zero-order valence-corrected chi connectivity index (χ0v) is 19.1. The highest BCUT2D eigenvalue weighted by atomic mass is 16.5. The summed E-state index contributed by atoms with van der Waals surface area (Å²) in [5.41, 5.74) is 0.827. The van der Waals surface area contributed by atoms with Crippen molar-refractivity contribution in [1.82, 2.24) is 0 Å². The van der Waals surface area contributed by atoms with E-state index in [1.165, 1.54) is 6.07 Å². The van der Waals surface area contributed by atoms with Gasteiger partial charge in [0.15, 0.2) is 5.76 Å². The molecule has 3 aromatic rings. The second-order valence-corrected chi connectivity index (χ2v) is 7.78. The maximum Gasteiger partial charge on any atom is 0.239 e. The molecule has 0 aliphatic carbocycles. The van der Waals surface area contributed by atoms with Gasteiger partial charge in [0.1, 0.15) is 28.2 Å². The number of ether oxygens (including phenoxy) is 3. The van der Waals surface area contributed by atoms with Crippen LogP contribution in [-0.4, -0.2) is 36.6 Å². The van der Waals surface area contributed by atoms with Gasteiger partial charge in [-0.2, -0.15) is 0 Å². The fourth-order valence-corrected chi connectivity index (χ4v) is 3.49. The zero-order chi connectivity index (χ0) is 23.4. The molecule has 0 radical (unpaired) electrons. The lowest BCUT2D eigenvalue weighted by Gasteiger charge is -2.20. The van der Waals surface area contributed by atoms with Crippen LogP contribution in [0.2, 0.25) is 0 Å². The van der Waals surface area contributed by atoms with Gasteiger partial charge >= 0.3 is 0 Å². The van der Waals surface area contributed by atoms with Crippen molar-refractivity contribution in [1.29, 1.82) is 0 Å². The Kier molecular flexibility index (Phi) is 7.30. The van der Waals surface area contributed by atoms with Gasteiger partial charge in [-0.1, -0.05) is 13.8 Å². The number of hydrogen-bond donors (Lipinski definition) is 2. The average molecular weight is 443 g/mol. The van der Waals surface area contributed by atoms with E-state index in [4.69, 9.17) is 18.6 Å². The number of phenols is 1. The molecule has 7 heteroatoms. The lowest BCUT2D eigenvalue weighted by Crippen LogP contribution is -2.19. The Balaban J connectivity index is 2.37. The fraction of sp³-hybridized carbons (Fsp3) is 0.400. The lowest BCUT2D eigenvalue weighted by atomic mass is 9.96. The third-order valence-corrected chi connectivity index (χ3v) is 5.29. The minimum Gasteiger partial charge on any atom is -0.507 e. The molecule has 32 heavy (non-hydrogen) atoms. The second-order valence-electron chi connectivity index (χ2n) is 7.78. The van der Waals surface area contributed by atoms with Crippen LogP contribution in [-0.2, 0) is 6.42 Å².